The zero-order valence-electron chi connectivity index (χ0n) is 6.94. The van der Waals surface area contributed by atoms with Gasteiger partial charge in [-0.15, -0.1) is 5.92 Å². The van der Waals surface area contributed by atoms with E-state index in [4.69, 9.17) is 0 Å². The van der Waals surface area contributed by atoms with Gasteiger partial charge in [-0.2, -0.15) is 0 Å². The molecule has 1 amide bonds. The van der Waals surface area contributed by atoms with Gasteiger partial charge in [0.25, 0.3) is 0 Å². The fourth-order valence-electron chi connectivity index (χ4n) is 0.486. The van der Waals surface area contributed by atoms with E-state index in [-0.39, 0.29) is 0 Å². The number of carbonyl (C=O) groups excluding carboxylic acids is 1. The molecule has 62 valence electrons. The molecule has 0 aliphatic rings. The van der Waals surface area contributed by atoms with Gasteiger partial charge in [0.1, 0.15) is 0 Å². The quantitative estimate of drug-likeness (QED) is 0.607. The van der Waals surface area contributed by atoms with Crippen LogP contribution >= 0.6 is 0 Å². The summed E-state index contributed by atoms with van der Waals surface area (Å²) < 4.78 is 4.60. The Hall–Kier alpha value is -1.17. The van der Waals surface area contributed by atoms with E-state index in [1.54, 1.807) is 6.92 Å². The number of rotatable bonds is 2. The summed E-state index contributed by atoms with van der Waals surface area (Å²) in [5.74, 6) is 5.59. The molecule has 1 N–H and O–H groups in total. The average Bonchev–Trinajstić information content (AvgIpc) is 1.99. The summed E-state index contributed by atoms with van der Waals surface area (Å²) in [6.07, 6.45) is 0.405. The van der Waals surface area contributed by atoms with E-state index < -0.39 is 6.09 Å². The first kappa shape index (κ1) is 9.83. The van der Waals surface area contributed by atoms with Crippen LogP contribution in [0.1, 0.15) is 20.3 Å². The molecule has 0 saturated carbocycles. The molecule has 0 aromatic carbocycles. The Labute approximate surface area is 67.1 Å². The molecule has 0 atom stereocenters. The first-order valence-electron chi connectivity index (χ1n) is 3.67. The van der Waals surface area contributed by atoms with Crippen molar-refractivity contribution in [2.24, 2.45) is 0 Å². The fourth-order valence-corrected chi connectivity index (χ4v) is 0.486. The minimum atomic E-state index is -0.405. The molecule has 0 aromatic rings. The minimum absolute atomic E-state index is 0.368. The van der Waals surface area contributed by atoms with Crippen LogP contribution in [0.25, 0.3) is 0 Å². The molecule has 0 unspecified atom stereocenters. The smallest absolute Gasteiger partial charge is 0.407 e. The van der Waals surface area contributed by atoms with Gasteiger partial charge in [0.05, 0.1) is 13.2 Å². The Morgan fingerprint density at radius 2 is 2.18 bits per heavy atom. The molecule has 3 heteroatoms. The van der Waals surface area contributed by atoms with Gasteiger partial charge in [0, 0.05) is 6.42 Å². The number of carbonyl (C=O) groups is 1. The summed E-state index contributed by atoms with van der Waals surface area (Å²) in [7, 11) is 0. The lowest BCUT2D eigenvalue weighted by Gasteiger charge is -1.99. The van der Waals surface area contributed by atoms with Gasteiger partial charge in [-0.25, -0.2) is 4.79 Å². The largest absolute Gasteiger partial charge is 0.450 e. The Balaban J connectivity index is 3.31. The highest BCUT2D eigenvalue weighted by Gasteiger charge is 1.94. The SMILES string of the molecule is CCC#CCNC(=O)OCC. The van der Waals surface area contributed by atoms with Crippen molar-refractivity contribution in [3.63, 3.8) is 0 Å². The molecule has 0 aliphatic heterocycles. The van der Waals surface area contributed by atoms with Crippen LogP contribution < -0.4 is 5.32 Å². The van der Waals surface area contributed by atoms with Crippen LogP contribution in [-0.4, -0.2) is 19.2 Å². The normalized spacial score (nSPS) is 7.82. The molecule has 3 nitrogen and oxygen atoms in total. The van der Waals surface area contributed by atoms with E-state index in [0.29, 0.717) is 13.2 Å². The molecule has 0 fully saturated rings. The van der Waals surface area contributed by atoms with Crippen molar-refractivity contribution in [3.05, 3.63) is 0 Å². The van der Waals surface area contributed by atoms with Crippen molar-refractivity contribution in [1.82, 2.24) is 5.32 Å². The Morgan fingerprint density at radius 1 is 1.45 bits per heavy atom. The summed E-state index contributed by atoms with van der Waals surface area (Å²) in [5, 5.41) is 2.48. The van der Waals surface area contributed by atoms with Crippen LogP contribution in [0.5, 0.6) is 0 Å². The second kappa shape index (κ2) is 6.94. The van der Waals surface area contributed by atoms with Gasteiger partial charge in [-0.3, -0.25) is 0 Å². The summed E-state index contributed by atoms with van der Waals surface area (Å²) in [4.78, 5) is 10.6. The van der Waals surface area contributed by atoms with Gasteiger partial charge in [0.15, 0.2) is 0 Å². The molecule has 0 aliphatic carbocycles. The summed E-state index contributed by atoms with van der Waals surface area (Å²) in [6, 6.07) is 0. The third-order valence-electron chi connectivity index (χ3n) is 0.898. The van der Waals surface area contributed by atoms with Crippen LogP contribution in [-0.2, 0) is 4.74 Å². The number of hydrogen-bond donors (Lipinski definition) is 1. The Kier molecular flexibility index (Phi) is 6.20. The second-order valence-corrected chi connectivity index (χ2v) is 1.78. The number of nitrogens with one attached hydrogen (secondary N) is 1. The number of amides is 1. The zero-order valence-corrected chi connectivity index (χ0v) is 6.94. The van der Waals surface area contributed by atoms with Gasteiger partial charge in [-0.1, -0.05) is 12.8 Å². The lowest BCUT2D eigenvalue weighted by molar-refractivity contribution is 0.153. The van der Waals surface area contributed by atoms with Gasteiger partial charge < -0.3 is 10.1 Å². The molecule has 0 spiro atoms. The predicted octanol–water partition coefficient (Wildman–Crippen LogP) is 1.15. The molecular weight excluding hydrogens is 142 g/mol. The first-order valence-corrected chi connectivity index (χ1v) is 3.67. The van der Waals surface area contributed by atoms with Gasteiger partial charge in [-0.05, 0) is 6.92 Å². The van der Waals surface area contributed by atoms with E-state index in [1.165, 1.54) is 0 Å². The van der Waals surface area contributed by atoms with E-state index >= 15 is 0 Å². The van der Waals surface area contributed by atoms with Crippen LogP contribution in [0, 0.1) is 11.8 Å². The number of hydrogen-bond acceptors (Lipinski definition) is 2. The molecular formula is C8H13NO2. The fraction of sp³-hybridized carbons (Fsp3) is 0.625. The maximum atomic E-state index is 10.6. The first-order chi connectivity index (χ1) is 5.31. The highest BCUT2D eigenvalue weighted by atomic mass is 16.5. The molecule has 0 heterocycles. The van der Waals surface area contributed by atoms with Crippen molar-refractivity contribution in [2.75, 3.05) is 13.2 Å². The van der Waals surface area contributed by atoms with Crippen LogP contribution in [0.15, 0.2) is 0 Å². The molecule has 0 rings (SSSR count). The highest BCUT2D eigenvalue weighted by molar-refractivity contribution is 5.67. The summed E-state index contributed by atoms with van der Waals surface area (Å²) >= 11 is 0. The van der Waals surface area contributed by atoms with E-state index in [2.05, 4.69) is 21.9 Å². The Morgan fingerprint density at radius 3 is 2.73 bits per heavy atom. The maximum Gasteiger partial charge on any atom is 0.407 e. The van der Waals surface area contributed by atoms with Crippen LogP contribution in [0.3, 0.4) is 0 Å². The van der Waals surface area contributed by atoms with Crippen LogP contribution in [0.2, 0.25) is 0 Å². The molecule has 0 aromatic heterocycles. The third kappa shape index (κ3) is 6.72. The van der Waals surface area contributed by atoms with Crippen molar-refractivity contribution in [2.45, 2.75) is 20.3 Å². The van der Waals surface area contributed by atoms with Crippen molar-refractivity contribution < 1.29 is 9.53 Å². The summed E-state index contributed by atoms with van der Waals surface area (Å²) in [5.41, 5.74) is 0. The van der Waals surface area contributed by atoms with E-state index in [9.17, 15) is 4.79 Å². The van der Waals surface area contributed by atoms with Crippen molar-refractivity contribution >= 4 is 6.09 Å². The van der Waals surface area contributed by atoms with Gasteiger partial charge >= 0.3 is 6.09 Å². The maximum absolute atomic E-state index is 10.6. The minimum Gasteiger partial charge on any atom is -0.450 e. The predicted molar refractivity (Wildman–Crippen MR) is 43.1 cm³/mol. The molecule has 11 heavy (non-hydrogen) atoms. The third-order valence-corrected chi connectivity index (χ3v) is 0.898. The second-order valence-electron chi connectivity index (χ2n) is 1.78. The zero-order chi connectivity index (χ0) is 8.53. The Bertz CT molecular complexity index is 167. The molecule has 0 radical (unpaired) electrons. The number of ether oxygens (including phenoxy) is 1. The average molecular weight is 155 g/mol. The monoisotopic (exact) mass is 155 g/mol. The van der Waals surface area contributed by atoms with Crippen molar-refractivity contribution in [3.8, 4) is 11.8 Å². The highest BCUT2D eigenvalue weighted by Crippen LogP contribution is 1.74. The molecule has 0 saturated heterocycles. The number of alkyl carbamates (subject to hydrolysis) is 1. The summed E-state index contributed by atoms with van der Waals surface area (Å²) in [6.45, 7) is 4.48. The van der Waals surface area contributed by atoms with E-state index in [1.807, 2.05) is 6.92 Å². The molecule has 0 bridgehead atoms. The lowest BCUT2D eigenvalue weighted by Crippen LogP contribution is -2.24. The lowest BCUT2D eigenvalue weighted by atomic mass is 10.5. The standard InChI is InChI=1S/C8H13NO2/c1-3-5-6-7-9-8(10)11-4-2/h3-4,7H2,1-2H3,(H,9,10). The van der Waals surface area contributed by atoms with Gasteiger partial charge in [0.2, 0.25) is 0 Å². The van der Waals surface area contributed by atoms with E-state index in [0.717, 1.165) is 6.42 Å². The van der Waals surface area contributed by atoms with Crippen molar-refractivity contribution in [1.29, 1.82) is 0 Å². The van der Waals surface area contributed by atoms with Crippen LogP contribution in [0.4, 0.5) is 4.79 Å². The topological polar surface area (TPSA) is 38.3 Å².